The molecule has 0 atom stereocenters. The van der Waals surface area contributed by atoms with E-state index in [0.29, 0.717) is 16.3 Å². The first kappa shape index (κ1) is 32.4. The molecule has 0 aliphatic rings. The molecule has 1 aromatic heterocycles. The minimum Gasteiger partial charge on any atom is -0.459 e. The van der Waals surface area contributed by atoms with Crippen molar-refractivity contribution in [1.29, 1.82) is 0 Å². The van der Waals surface area contributed by atoms with Crippen molar-refractivity contribution in [3.63, 3.8) is 0 Å². The maximum Gasteiger partial charge on any atom is 0.327 e. The van der Waals surface area contributed by atoms with E-state index in [1.807, 2.05) is 0 Å². The highest BCUT2D eigenvalue weighted by atomic mass is 35.5. The number of carbonyl (C=O) groups is 1. The number of hydrogen-bond donors (Lipinski definition) is 0. The molecular weight excluding hydrogens is 661 g/mol. The van der Waals surface area contributed by atoms with E-state index in [0.717, 1.165) is 4.31 Å². The van der Waals surface area contributed by atoms with Crippen LogP contribution in [0.15, 0.2) is 99.2 Å². The average Bonchev–Trinajstić information content (AvgIpc) is 3.42. The summed E-state index contributed by atoms with van der Waals surface area (Å²) in [7, 11) is -7.99. The highest BCUT2D eigenvalue weighted by molar-refractivity contribution is 7.93. The number of carbonyl (C=O) groups excluding carboxylic acids is 1. The predicted octanol–water partition coefficient (Wildman–Crippen LogP) is 6.71. The molecule has 0 aliphatic carbocycles. The Bertz CT molecular complexity index is 2090. The van der Waals surface area contributed by atoms with Crippen LogP contribution < -0.4 is 4.31 Å². The maximum atomic E-state index is 13.8. The second kappa shape index (κ2) is 12.4. The molecule has 0 saturated carbocycles. The summed E-state index contributed by atoms with van der Waals surface area (Å²) in [4.78, 5) is 17.1. The van der Waals surface area contributed by atoms with Gasteiger partial charge in [0.25, 0.3) is 15.9 Å². The van der Waals surface area contributed by atoms with Crippen LogP contribution in [0, 0.1) is 0 Å². The molecule has 4 aromatic carbocycles. The second-order valence-corrected chi connectivity index (χ2v) is 15.8. The van der Waals surface area contributed by atoms with E-state index in [2.05, 4.69) is 10.1 Å². The zero-order valence-corrected chi connectivity index (χ0v) is 27.4. The lowest BCUT2D eigenvalue weighted by Crippen LogP contribution is -2.39. The molecule has 0 unspecified atom stereocenters. The Balaban J connectivity index is 1.47. The van der Waals surface area contributed by atoms with Crippen LogP contribution in [-0.4, -0.2) is 45.1 Å². The monoisotopic (exact) mass is 687 g/mol. The number of sulfonamides is 1. The molecule has 10 nitrogen and oxygen atoms in total. The van der Waals surface area contributed by atoms with E-state index in [-0.39, 0.29) is 37.2 Å². The summed E-state index contributed by atoms with van der Waals surface area (Å²) in [6.07, 6.45) is 0. The fourth-order valence-electron chi connectivity index (χ4n) is 4.44. The highest BCUT2D eigenvalue weighted by Gasteiger charge is 2.30. The summed E-state index contributed by atoms with van der Waals surface area (Å²) in [5, 5.41) is 5.40. The van der Waals surface area contributed by atoms with Crippen molar-refractivity contribution in [2.75, 3.05) is 10.8 Å². The van der Waals surface area contributed by atoms with E-state index in [1.54, 1.807) is 75.4 Å². The molecule has 0 bridgehead atoms. The Morgan fingerprint density at radius 3 is 2.16 bits per heavy atom. The normalized spacial score (nSPS) is 12.3. The van der Waals surface area contributed by atoms with Crippen molar-refractivity contribution in [1.82, 2.24) is 10.1 Å². The van der Waals surface area contributed by atoms with Crippen molar-refractivity contribution in [2.45, 2.75) is 41.9 Å². The molecule has 0 amide bonds. The Hall–Kier alpha value is -3.97. The first-order chi connectivity index (χ1) is 21.1. The van der Waals surface area contributed by atoms with Gasteiger partial charge in [-0.25, -0.2) is 16.8 Å². The van der Waals surface area contributed by atoms with Crippen molar-refractivity contribution in [2.24, 2.45) is 0 Å². The molecule has 1 heterocycles. The van der Waals surface area contributed by atoms with Crippen molar-refractivity contribution >= 4 is 65.5 Å². The fourth-order valence-corrected chi connectivity index (χ4v) is 7.77. The quantitative estimate of drug-likeness (QED) is 0.155. The van der Waals surface area contributed by atoms with Crippen LogP contribution in [-0.2, 0) is 35.1 Å². The van der Waals surface area contributed by atoms with Crippen LogP contribution in [0.1, 0.15) is 26.6 Å². The smallest absolute Gasteiger partial charge is 0.327 e. The molecule has 0 saturated heterocycles. The van der Waals surface area contributed by atoms with Gasteiger partial charge < -0.3 is 9.26 Å². The topological polar surface area (TPSA) is 137 Å². The van der Waals surface area contributed by atoms with Crippen molar-refractivity contribution in [3.8, 4) is 11.5 Å². The summed E-state index contributed by atoms with van der Waals surface area (Å²) in [6.45, 7) is 4.44. The van der Waals surface area contributed by atoms with Crippen LogP contribution in [0.4, 0.5) is 5.69 Å². The summed E-state index contributed by atoms with van der Waals surface area (Å²) >= 11 is 12.2. The Labute approximate surface area is 270 Å². The number of benzene rings is 4. The van der Waals surface area contributed by atoms with Gasteiger partial charge in [-0.15, -0.1) is 0 Å². The number of hydrogen-bond acceptors (Lipinski definition) is 9. The summed E-state index contributed by atoms with van der Waals surface area (Å²) < 4.78 is 64.8. The van der Waals surface area contributed by atoms with Gasteiger partial charge in [-0.05, 0) is 86.1 Å². The minimum atomic E-state index is -4.32. The summed E-state index contributed by atoms with van der Waals surface area (Å²) in [5.74, 6) is -1.06. The lowest BCUT2D eigenvalue weighted by Gasteiger charge is -2.26. The Morgan fingerprint density at radius 2 is 1.49 bits per heavy atom. The van der Waals surface area contributed by atoms with E-state index in [1.165, 1.54) is 30.3 Å². The van der Waals surface area contributed by atoms with E-state index < -0.39 is 43.7 Å². The summed E-state index contributed by atoms with van der Waals surface area (Å²) in [6, 6.07) is 21.9. The fraction of sp³-hybridized carbons (Fsp3) is 0.194. The van der Waals surface area contributed by atoms with Crippen molar-refractivity contribution < 1.29 is 30.9 Å². The van der Waals surface area contributed by atoms with Crippen LogP contribution in [0.5, 0.6) is 0 Å². The minimum absolute atomic E-state index is 0.00779. The standard InChI is InChI=1S/C31H27Cl2N3O7S2/c1-31(2,3)42-29(37)18-36(45(40,41)27-16-23(32)15-24(33)17-27)25-12-11-20-13-22(10-9-21(20)14-25)30-34-28(35-43-30)19-44(38,39)26-7-5-4-6-8-26/h4-17H,18-19H2,1-3H3. The third kappa shape index (κ3) is 7.64. The van der Waals surface area contributed by atoms with Gasteiger partial charge in [0, 0.05) is 15.6 Å². The molecule has 0 radical (unpaired) electrons. The zero-order chi connectivity index (χ0) is 32.6. The van der Waals surface area contributed by atoms with Gasteiger partial charge in [-0.2, -0.15) is 4.98 Å². The number of esters is 1. The van der Waals surface area contributed by atoms with Gasteiger partial charge in [0.1, 0.15) is 17.9 Å². The molecule has 5 rings (SSSR count). The Morgan fingerprint density at radius 1 is 0.844 bits per heavy atom. The number of anilines is 1. The number of nitrogens with zero attached hydrogens (tertiary/aromatic N) is 3. The Kier molecular flexibility index (Phi) is 8.96. The molecule has 5 aromatic rings. The third-order valence-corrected chi connectivity index (χ3v) is 10.2. The average molecular weight is 689 g/mol. The van der Waals surface area contributed by atoms with Gasteiger partial charge >= 0.3 is 5.97 Å². The molecular formula is C31H27Cl2N3O7S2. The van der Waals surface area contributed by atoms with Gasteiger partial charge in [-0.1, -0.05) is 58.7 Å². The van der Waals surface area contributed by atoms with Gasteiger partial charge in [0.05, 0.1) is 15.5 Å². The number of sulfone groups is 1. The van der Waals surface area contributed by atoms with Gasteiger partial charge in [0.15, 0.2) is 15.7 Å². The van der Waals surface area contributed by atoms with E-state index >= 15 is 0 Å². The maximum absolute atomic E-state index is 13.8. The highest BCUT2D eigenvalue weighted by Crippen LogP contribution is 2.32. The molecule has 0 spiro atoms. The van der Waals surface area contributed by atoms with Gasteiger partial charge in [0.2, 0.25) is 0 Å². The number of halogens is 2. The predicted molar refractivity (Wildman–Crippen MR) is 171 cm³/mol. The van der Waals surface area contributed by atoms with Crippen LogP contribution in [0.3, 0.4) is 0 Å². The number of rotatable bonds is 9. The molecule has 234 valence electrons. The SMILES string of the molecule is CC(C)(C)OC(=O)CN(c1ccc2cc(-c3nc(CS(=O)(=O)c4ccccc4)no3)ccc2c1)S(=O)(=O)c1cc(Cl)cc(Cl)c1. The van der Waals surface area contributed by atoms with E-state index in [4.69, 9.17) is 32.5 Å². The van der Waals surface area contributed by atoms with E-state index in [9.17, 15) is 21.6 Å². The van der Waals surface area contributed by atoms with Crippen LogP contribution in [0.2, 0.25) is 10.0 Å². The first-order valence-electron chi connectivity index (χ1n) is 13.5. The lowest BCUT2D eigenvalue weighted by molar-refractivity contribution is -0.152. The first-order valence-corrected chi connectivity index (χ1v) is 17.3. The lowest BCUT2D eigenvalue weighted by atomic mass is 10.1. The molecule has 45 heavy (non-hydrogen) atoms. The third-order valence-electron chi connectivity index (χ3n) is 6.37. The molecule has 0 fully saturated rings. The number of ether oxygens (including phenoxy) is 1. The largest absolute Gasteiger partial charge is 0.459 e. The number of fused-ring (bicyclic) bond motifs is 1. The molecule has 14 heteroatoms. The second-order valence-electron chi connectivity index (χ2n) is 11.0. The van der Waals surface area contributed by atoms with Gasteiger partial charge in [-0.3, -0.25) is 9.10 Å². The number of aromatic nitrogens is 2. The molecule has 0 aliphatic heterocycles. The van der Waals surface area contributed by atoms with Crippen LogP contribution >= 0.6 is 23.2 Å². The zero-order valence-electron chi connectivity index (χ0n) is 24.3. The molecule has 0 N–H and O–H groups in total. The summed E-state index contributed by atoms with van der Waals surface area (Å²) in [5.41, 5.74) is -0.118. The van der Waals surface area contributed by atoms with Crippen LogP contribution in [0.25, 0.3) is 22.2 Å². The van der Waals surface area contributed by atoms with Crippen molar-refractivity contribution in [3.05, 3.63) is 101 Å².